The number of carboxylic acids is 1. The van der Waals surface area contributed by atoms with Crippen LogP contribution in [0.4, 0.5) is 5.95 Å². The van der Waals surface area contributed by atoms with Crippen LogP contribution in [0.25, 0.3) is 16.9 Å². The molecule has 1 atom stereocenters. The van der Waals surface area contributed by atoms with E-state index >= 15 is 0 Å². The number of allylic oxidation sites excluding steroid dienone is 1. The number of nitrogens with one attached hydrogen (secondary N) is 1. The van der Waals surface area contributed by atoms with Gasteiger partial charge in [0.15, 0.2) is 11.2 Å². The number of aliphatic carboxylic acids is 1. The Balaban J connectivity index is 1.46. The normalized spacial score (nSPS) is 15.4. The Hall–Kier alpha value is -3.86. The van der Waals surface area contributed by atoms with E-state index in [1.807, 2.05) is 12.1 Å². The number of dihydropyridines is 1. The first-order chi connectivity index (χ1) is 16.1. The fraction of sp³-hybridized carbons (Fsp3) is 0.364. The summed E-state index contributed by atoms with van der Waals surface area (Å²) in [5.74, 6) is 0.600. The predicted molar refractivity (Wildman–Crippen MR) is 124 cm³/mol. The number of nitrogens with two attached hydrogens (primary N) is 1. The first-order valence-corrected chi connectivity index (χ1v) is 10.8. The first-order valence-electron chi connectivity index (χ1n) is 10.8. The van der Waals surface area contributed by atoms with Gasteiger partial charge in [0.25, 0.3) is 0 Å². The Bertz CT molecular complexity index is 1160. The highest BCUT2D eigenvalue weighted by Gasteiger charge is 2.14. The van der Waals surface area contributed by atoms with E-state index < -0.39 is 5.97 Å². The lowest BCUT2D eigenvalue weighted by Gasteiger charge is -2.16. The van der Waals surface area contributed by atoms with Crippen LogP contribution in [0.5, 0.6) is 5.75 Å². The Labute approximate surface area is 190 Å². The number of nitrogens with zero attached hydrogens (tertiary/aromatic N) is 6. The number of hydrogen-bond donors (Lipinski definition) is 3. The SMILES string of the molecule is NCCCC1C=C(Nc2ncc3nnn(-c4ccc(OCCCC(=O)O)cc4)c3n2)C=NC1. The van der Waals surface area contributed by atoms with Crippen molar-refractivity contribution >= 4 is 29.3 Å². The van der Waals surface area contributed by atoms with Gasteiger partial charge in [-0.05, 0) is 56.0 Å². The molecular formula is C22H26N8O3. The van der Waals surface area contributed by atoms with Gasteiger partial charge in [-0.25, -0.2) is 4.98 Å². The van der Waals surface area contributed by atoms with Crippen molar-refractivity contribution in [2.45, 2.75) is 25.7 Å². The molecule has 1 aromatic carbocycles. The lowest BCUT2D eigenvalue weighted by atomic mass is 10.0. The molecule has 0 aliphatic carbocycles. The molecule has 1 aliphatic heterocycles. The minimum Gasteiger partial charge on any atom is -0.494 e. The molecule has 0 fully saturated rings. The summed E-state index contributed by atoms with van der Waals surface area (Å²) in [6.07, 6.45) is 8.04. The zero-order chi connectivity index (χ0) is 23.0. The van der Waals surface area contributed by atoms with Crippen LogP contribution in [0.1, 0.15) is 25.7 Å². The van der Waals surface area contributed by atoms with Gasteiger partial charge in [0.1, 0.15) is 5.75 Å². The van der Waals surface area contributed by atoms with E-state index in [2.05, 4.69) is 36.7 Å². The molecule has 3 aromatic rings. The van der Waals surface area contributed by atoms with Crippen molar-refractivity contribution < 1.29 is 14.6 Å². The zero-order valence-corrected chi connectivity index (χ0v) is 18.1. The summed E-state index contributed by atoms with van der Waals surface area (Å²) in [7, 11) is 0. The highest BCUT2D eigenvalue weighted by molar-refractivity contribution is 5.83. The summed E-state index contributed by atoms with van der Waals surface area (Å²) in [4.78, 5) is 23.9. The Morgan fingerprint density at radius 3 is 2.91 bits per heavy atom. The van der Waals surface area contributed by atoms with Crippen molar-refractivity contribution in [1.29, 1.82) is 0 Å². The molecule has 11 heteroatoms. The largest absolute Gasteiger partial charge is 0.494 e. The van der Waals surface area contributed by atoms with Gasteiger partial charge in [0, 0.05) is 19.2 Å². The van der Waals surface area contributed by atoms with E-state index in [1.54, 1.807) is 29.2 Å². The Morgan fingerprint density at radius 2 is 2.12 bits per heavy atom. The van der Waals surface area contributed by atoms with E-state index in [1.165, 1.54) is 0 Å². The number of carboxylic acid groups (broad SMARTS) is 1. The van der Waals surface area contributed by atoms with Crippen LogP contribution < -0.4 is 15.8 Å². The monoisotopic (exact) mass is 450 g/mol. The minimum atomic E-state index is -0.832. The maximum absolute atomic E-state index is 10.6. The summed E-state index contributed by atoms with van der Waals surface area (Å²) in [6, 6.07) is 7.28. The molecule has 1 unspecified atom stereocenters. The van der Waals surface area contributed by atoms with E-state index in [0.717, 1.165) is 30.8 Å². The number of carbonyl (C=O) groups is 1. The van der Waals surface area contributed by atoms with Gasteiger partial charge < -0.3 is 20.9 Å². The molecule has 2 aromatic heterocycles. The Morgan fingerprint density at radius 1 is 1.27 bits per heavy atom. The third kappa shape index (κ3) is 5.89. The number of benzene rings is 1. The fourth-order valence-electron chi connectivity index (χ4n) is 3.45. The fourth-order valence-corrected chi connectivity index (χ4v) is 3.45. The first kappa shape index (κ1) is 22.3. The van der Waals surface area contributed by atoms with E-state index in [9.17, 15) is 4.79 Å². The van der Waals surface area contributed by atoms with Crippen LogP contribution in [0.15, 0.2) is 47.2 Å². The van der Waals surface area contributed by atoms with Gasteiger partial charge >= 0.3 is 5.97 Å². The van der Waals surface area contributed by atoms with Gasteiger partial charge in [-0.3, -0.25) is 9.79 Å². The van der Waals surface area contributed by atoms with Crippen molar-refractivity contribution in [1.82, 2.24) is 25.0 Å². The van der Waals surface area contributed by atoms with Gasteiger partial charge in [-0.1, -0.05) is 11.3 Å². The zero-order valence-electron chi connectivity index (χ0n) is 18.1. The predicted octanol–water partition coefficient (Wildman–Crippen LogP) is 2.19. The number of aromatic nitrogens is 5. The lowest BCUT2D eigenvalue weighted by molar-refractivity contribution is -0.137. The summed E-state index contributed by atoms with van der Waals surface area (Å²) >= 11 is 0. The molecule has 0 saturated heterocycles. The number of rotatable bonds is 11. The minimum absolute atomic E-state index is 0.0796. The molecular weight excluding hydrogens is 424 g/mol. The molecule has 0 radical (unpaired) electrons. The summed E-state index contributed by atoms with van der Waals surface area (Å²) in [6.45, 7) is 1.78. The van der Waals surface area contributed by atoms with Gasteiger partial charge in [0.05, 0.1) is 24.2 Å². The molecule has 33 heavy (non-hydrogen) atoms. The third-order valence-corrected chi connectivity index (χ3v) is 5.10. The van der Waals surface area contributed by atoms with Gasteiger partial charge in [0.2, 0.25) is 5.95 Å². The summed E-state index contributed by atoms with van der Waals surface area (Å²) in [5.41, 5.74) is 8.37. The van der Waals surface area contributed by atoms with Crippen LogP contribution >= 0.6 is 0 Å². The van der Waals surface area contributed by atoms with Crippen molar-refractivity contribution in [3.63, 3.8) is 0 Å². The van der Waals surface area contributed by atoms with E-state index in [4.69, 9.17) is 15.6 Å². The molecule has 0 spiro atoms. The van der Waals surface area contributed by atoms with Crippen molar-refractivity contribution in [2.24, 2.45) is 16.6 Å². The summed E-state index contributed by atoms with van der Waals surface area (Å²) in [5, 5.41) is 20.3. The van der Waals surface area contributed by atoms with Crippen LogP contribution in [0, 0.1) is 5.92 Å². The molecule has 0 bridgehead atoms. The molecule has 4 N–H and O–H groups in total. The average Bonchev–Trinajstić information content (AvgIpc) is 3.24. The second-order valence-electron chi connectivity index (χ2n) is 7.68. The molecule has 4 rings (SSSR count). The smallest absolute Gasteiger partial charge is 0.303 e. The van der Waals surface area contributed by atoms with Crippen LogP contribution in [0.2, 0.25) is 0 Å². The standard InChI is InChI=1S/C22H26N8O3/c23-9-1-3-15-11-16(13-24-12-15)26-22-25-14-19-21(27-22)30(29-28-19)17-5-7-18(8-6-17)33-10-2-4-20(31)32/h5-8,11,13-15H,1-4,9-10,12,23H2,(H,31,32)(H,25,26,27). The maximum Gasteiger partial charge on any atom is 0.303 e. The average molecular weight is 451 g/mol. The van der Waals surface area contributed by atoms with Gasteiger partial charge in [-0.15, -0.1) is 5.10 Å². The van der Waals surface area contributed by atoms with Crippen molar-refractivity contribution in [2.75, 3.05) is 25.0 Å². The van der Waals surface area contributed by atoms with Crippen LogP contribution in [-0.4, -0.2) is 61.9 Å². The molecule has 172 valence electrons. The maximum atomic E-state index is 10.6. The molecule has 3 heterocycles. The molecule has 0 saturated carbocycles. The molecule has 11 nitrogen and oxygen atoms in total. The third-order valence-electron chi connectivity index (χ3n) is 5.10. The summed E-state index contributed by atoms with van der Waals surface area (Å²) < 4.78 is 7.21. The number of anilines is 1. The van der Waals surface area contributed by atoms with Crippen LogP contribution in [-0.2, 0) is 4.79 Å². The number of aliphatic imine (C=N–C) groups is 1. The van der Waals surface area contributed by atoms with E-state index in [-0.39, 0.29) is 6.42 Å². The molecule has 1 aliphatic rings. The quantitative estimate of drug-likeness (QED) is 0.373. The lowest BCUT2D eigenvalue weighted by Crippen LogP contribution is -2.15. The number of fused-ring (bicyclic) bond motifs is 1. The van der Waals surface area contributed by atoms with Gasteiger partial charge in [-0.2, -0.15) is 9.67 Å². The van der Waals surface area contributed by atoms with E-state index in [0.29, 0.717) is 48.4 Å². The van der Waals surface area contributed by atoms with Crippen LogP contribution in [0.3, 0.4) is 0 Å². The second kappa shape index (κ2) is 10.6. The van der Waals surface area contributed by atoms with Crippen molar-refractivity contribution in [3.05, 3.63) is 42.2 Å². The topological polar surface area (TPSA) is 153 Å². The highest BCUT2D eigenvalue weighted by Crippen LogP contribution is 2.20. The second-order valence-corrected chi connectivity index (χ2v) is 7.68. The Kier molecular flexibility index (Phi) is 7.20. The number of hydrogen-bond acceptors (Lipinski definition) is 9. The highest BCUT2D eigenvalue weighted by atomic mass is 16.5. The van der Waals surface area contributed by atoms with Crippen molar-refractivity contribution in [3.8, 4) is 11.4 Å². The molecule has 0 amide bonds. The number of ether oxygens (including phenoxy) is 1.